The van der Waals surface area contributed by atoms with Gasteiger partial charge in [-0.3, -0.25) is 4.79 Å². The van der Waals surface area contributed by atoms with Gasteiger partial charge in [-0.15, -0.1) is 11.8 Å². The third kappa shape index (κ3) is 1.98. The largest absolute Gasteiger partial charge is 0.294 e. The van der Waals surface area contributed by atoms with E-state index in [9.17, 15) is 4.79 Å². The van der Waals surface area contributed by atoms with Crippen molar-refractivity contribution in [2.24, 2.45) is 11.8 Å². The number of rotatable bonds is 1. The summed E-state index contributed by atoms with van der Waals surface area (Å²) in [5, 5.41) is 0. The summed E-state index contributed by atoms with van der Waals surface area (Å²) in [5.41, 5.74) is 0. The van der Waals surface area contributed by atoms with Crippen LogP contribution in [0.4, 0.5) is 0 Å². The predicted molar refractivity (Wildman–Crippen MR) is 49.5 cm³/mol. The first kappa shape index (κ1) is 9.06. The maximum absolute atomic E-state index is 11.2. The van der Waals surface area contributed by atoms with Gasteiger partial charge in [0.1, 0.15) is 0 Å². The molecule has 1 aliphatic carbocycles. The van der Waals surface area contributed by atoms with Crippen molar-refractivity contribution in [2.75, 3.05) is 0 Å². The van der Waals surface area contributed by atoms with Crippen LogP contribution in [0.3, 0.4) is 0 Å². The molecule has 0 amide bonds. The predicted octanol–water partition coefficient (Wildman–Crippen LogP) is 2.18. The van der Waals surface area contributed by atoms with Crippen molar-refractivity contribution in [3.63, 3.8) is 0 Å². The monoisotopic (exact) mass is 162 g/mol. The number of hydrogen-bond acceptors (Lipinski definition) is 1. The zero-order valence-corrected chi connectivity index (χ0v) is 7.63. The first-order chi connectivity index (χ1) is 5.75. The van der Waals surface area contributed by atoms with Crippen LogP contribution in [-0.2, 0) is 4.79 Å². The highest BCUT2D eigenvalue weighted by Crippen LogP contribution is 2.24. The second-order valence-electron chi connectivity index (χ2n) is 3.14. The highest BCUT2D eigenvalue weighted by Gasteiger charge is 2.25. The van der Waals surface area contributed by atoms with Crippen molar-refractivity contribution in [1.82, 2.24) is 0 Å². The fraction of sp³-hybridized carbons (Fsp3) is 0.545. The van der Waals surface area contributed by atoms with E-state index >= 15 is 0 Å². The van der Waals surface area contributed by atoms with E-state index in [1.54, 1.807) is 6.08 Å². The Hall–Kier alpha value is -1.03. The molecule has 0 aromatic rings. The molecule has 0 aromatic heterocycles. The van der Waals surface area contributed by atoms with Crippen molar-refractivity contribution in [2.45, 2.75) is 26.7 Å². The Morgan fingerprint density at radius 1 is 1.50 bits per heavy atom. The Balaban J connectivity index is 2.48. The SMILES string of the molecule is CCC#CC[C@@H]1C(=O)C=C[C@H]1C. The minimum absolute atomic E-state index is 0.129. The fourth-order valence-corrected chi connectivity index (χ4v) is 1.36. The van der Waals surface area contributed by atoms with E-state index in [-0.39, 0.29) is 11.7 Å². The highest BCUT2D eigenvalue weighted by molar-refractivity contribution is 5.94. The molecule has 2 atom stereocenters. The van der Waals surface area contributed by atoms with Gasteiger partial charge in [-0.2, -0.15) is 0 Å². The Labute approximate surface area is 73.9 Å². The van der Waals surface area contributed by atoms with Gasteiger partial charge in [-0.1, -0.05) is 19.9 Å². The van der Waals surface area contributed by atoms with E-state index in [2.05, 4.69) is 18.8 Å². The van der Waals surface area contributed by atoms with Crippen LogP contribution in [0.2, 0.25) is 0 Å². The molecule has 1 nitrogen and oxygen atoms in total. The summed E-state index contributed by atoms with van der Waals surface area (Å²) < 4.78 is 0. The molecule has 0 spiro atoms. The molecule has 0 unspecified atom stereocenters. The zero-order valence-electron chi connectivity index (χ0n) is 7.63. The van der Waals surface area contributed by atoms with Crippen molar-refractivity contribution in [3.8, 4) is 11.8 Å². The van der Waals surface area contributed by atoms with Crippen molar-refractivity contribution < 1.29 is 4.79 Å². The topological polar surface area (TPSA) is 17.1 Å². The van der Waals surface area contributed by atoms with E-state index in [0.29, 0.717) is 5.92 Å². The van der Waals surface area contributed by atoms with Gasteiger partial charge in [0.25, 0.3) is 0 Å². The van der Waals surface area contributed by atoms with Crippen LogP contribution in [0.15, 0.2) is 12.2 Å². The molecule has 0 fully saturated rings. The van der Waals surface area contributed by atoms with Crippen LogP contribution >= 0.6 is 0 Å². The summed E-state index contributed by atoms with van der Waals surface area (Å²) in [5.74, 6) is 6.76. The van der Waals surface area contributed by atoms with Gasteiger partial charge in [-0.05, 0) is 12.0 Å². The van der Waals surface area contributed by atoms with Crippen LogP contribution in [0.25, 0.3) is 0 Å². The van der Waals surface area contributed by atoms with E-state index in [4.69, 9.17) is 0 Å². The molecule has 1 heteroatoms. The van der Waals surface area contributed by atoms with Crippen molar-refractivity contribution >= 4 is 5.78 Å². The first-order valence-electron chi connectivity index (χ1n) is 4.43. The standard InChI is InChI=1S/C11H14O/c1-3-4-5-6-10-9(2)7-8-11(10)12/h7-10H,3,6H2,1-2H3/t9-,10+/m1/s1. The van der Waals surface area contributed by atoms with Crippen LogP contribution in [-0.4, -0.2) is 5.78 Å². The van der Waals surface area contributed by atoms with Crippen molar-refractivity contribution in [1.29, 1.82) is 0 Å². The quantitative estimate of drug-likeness (QED) is 0.540. The number of allylic oxidation sites excluding steroid dienone is 2. The molecule has 0 heterocycles. The number of carbonyl (C=O) groups is 1. The van der Waals surface area contributed by atoms with Gasteiger partial charge in [0.2, 0.25) is 0 Å². The van der Waals surface area contributed by atoms with Gasteiger partial charge >= 0.3 is 0 Å². The van der Waals surface area contributed by atoms with Gasteiger partial charge in [0, 0.05) is 18.8 Å². The highest BCUT2D eigenvalue weighted by atomic mass is 16.1. The van der Waals surface area contributed by atoms with Crippen LogP contribution in [0.5, 0.6) is 0 Å². The molecule has 12 heavy (non-hydrogen) atoms. The smallest absolute Gasteiger partial charge is 0.159 e. The summed E-state index contributed by atoms with van der Waals surface area (Å²) in [6.07, 6.45) is 5.26. The molecule has 0 bridgehead atoms. The summed E-state index contributed by atoms with van der Waals surface area (Å²) in [6, 6.07) is 0. The fourth-order valence-electron chi connectivity index (χ4n) is 1.36. The number of carbonyl (C=O) groups excluding carboxylic acids is 1. The van der Waals surface area contributed by atoms with Crippen molar-refractivity contribution in [3.05, 3.63) is 12.2 Å². The Kier molecular flexibility index (Phi) is 3.10. The second-order valence-corrected chi connectivity index (χ2v) is 3.14. The molecular formula is C11H14O. The maximum Gasteiger partial charge on any atom is 0.159 e. The average molecular weight is 162 g/mol. The van der Waals surface area contributed by atoms with Crippen LogP contribution in [0, 0.1) is 23.7 Å². The zero-order chi connectivity index (χ0) is 8.97. The van der Waals surface area contributed by atoms with Gasteiger partial charge < -0.3 is 0 Å². The minimum Gasteiger partial charge on any atom is -0.294 e. The number of hydrogen-bond donors (Lipinski definition) is 0. The summed E-state index contributed by atoms with van der Waals surface area (Å²) >= 11 is 0. The van der Waals surface area contributed by atoms with E-state index in [1.807, 2.05) is 13.0 Å². The Bertz CT molecular complexity index is 252. The van der Waals surface area contributed by atoms with Gasteiger partial charge in [0.15, 0.2) is 5.78 Å². The minimum atomic E-state index is 0.129. The molecule has 1 rings (SSSR count). The second kappa shape index (κ2) is 4.11. The van der Waals surface area contributed by atoms with E-state index in [1.165, 1.54) is 0 Å². The summed E-state index contributed by atoms with van der Waals surface area (Å²) in [7, 11) is 0. The van der Waals surface area contributed by atoms with E-state index < -0.39 is 0 Å². The molecule has 64 valence electrons. The Morgan fingerprint density at radius 3 is 2.75 bits per heavy atom. The average Bonchev–Trinajstić information content (AvgIpc) is 2.35. The number of ketones is 1. The summed E-state index contributed by atoms with van der Waals surface area (Å²) in [6.45, 7) is 4.09. The molecule has 0 N–H and O–H groups in total. The molecule has 0 saturated carbocycles. The lowest BCUT2D eigenvalue weighted by Crippen LogP contribution is -2.12. The molecule has 0 aromatic carbocycles. The lowest BCUT2D eigenvalue weighted by molar-refractivity contribution is -0.118. The lowest BCUT2D eigenvalue weighted by atomic mass is 9.93. The van der Waals surface area contributed by atoms with Crippen LogP contribution in [0.1, 0.15) is 26.7 Å². The molecule has 0 aliphatic heterocycles. The molecule has 0 radical (unpaired) electrons. The van der Waals surface area contributed by atoms with Gasteiger partial charge in [-0.25, -0.2) is 0 Å². The van der Waals surface area contributed by atoms with E-state index in [0.717, 1.165) is 12.8 Å². The lowest BCUT2D eigenvalue weighted by Gasteiger charge is -2.08. The molecular weight excluding hydrogens is 148 g/mol. The normalized spacial score (nSPS) is 27.0. The van der Waals surface area contributed by atoms with Gasteiger partial charge in [0.05, 0.1) is 0 Å². The van der Waals surface area contributed by atoms with Crippen LogP contribution < -0.4 is 0 Å². The molecule has 1 aliphatic rings. The summed E-state index contributed by atoms with van der Waals surface area (Å²) in [4.78, 5) is 11.2. The maximum atomic E-state index is 11.2. The third-order valence-corrected chi connectivity index (χ3v) is 2.19. The Morgan fingerprint density at radius 2 is 2.25 bits per heavy atom. The first-order valence-corrected chi connectivity index (χ1v) is 4.43. The third-order valence-electron chi connectivity index (χ3n) is 2.19. The molecule has 0 saturated heterocycles.